The molecule has 48 valence electrons. The lowest BCUT2D eigenvalue weighted by atomic mass is 10.1. The molecule has 0 saturated heterocycles. The molecule has 0 aliphatic carbocycles. The van der Waals surface area contributed by atoms with Crippen LogP contribution in [-0.2, 0) is 9.53 Å². The fourth-order valence-electron chi connectivity index (χ4n) is 0.294. The minimum absolute atomic E-state index is 0.0579. The quantitative estimate of drug-likeness (QED) is 0.549. The Morgan fingerprint density at radius 1 is 2.00 bits per heavy atom. The van der Waals surface area contributed by atoms with Gasteiger partial charge >= 0.3 is 0 Å². The van der Waals surface area contributed by atoms with Gasteiger partial charge in [-0.2, -0.15) is 0 Å². The van der Waals surface area contributed by atoms with Crippen molar-refractivity contribution < 1.29 is 10.9 Å². The molecule has 0 fully saturated rings. The first kappa shape index (κ1) is 5.76. The Labute approximate surface area is 51.2 Å². The van der Waals surface area contributed by atoms with Crippen LogP contribution in [0, 0.1) is 5.92 Å². The third kappa shape index (κ3) is 2.75. The fraction of sp³-hybridized carbons (Fsp3) is 0.833. The van der Waals surface area contributed by atoms with Gasteiger partial charge in [-0.1, -0.05) is 6.92 Å². The van der Waals surface area contributed by atoms with E-state index in [0.717, 1.165) is 0 Å². The van der Waals surface area contributed by atoms with Crippen LogP contribution in [0.15, 0.2) is 0 Å². The summed E-state index contributed by atoms with van der Waals surface area (Å²) in [5.41, 5.74) is 0. The lowest BCUT2D eigenvalue weighted by Gasteiger charge is -2.02. The summed E-state index contributed by atoms with van der Waals surface area (Å²) in [4.78, 5) is 10.5. The van der Waals surface area contributed by atoms with Crippen molar-refractivity contribution in [1.29, 1.82) is 0 Å². The standard InChI is InChI=1S/C6H12O2/c1-5(4-8-3)6(2)7/h5H,4H2,1-3H3/i3T. The molecule has 0 spiro atoms. The molecule has 1 unspecified atom stereocenters. The van der Waals surface area contributed by atoms with E-state index in [4.69, 9.17) is 6.11 Å². The number of carbonyl (C=O) groups excluding carboxylic acids is 1. The van der Waals surface area contributed by atoms with Gasteiger partial charge < -0.3 is 4.74 Å². The van der Waals surface area contributed by atoms with Crippen LogP contribution in [0.4, 0.5) is 0 Å². The van der Waals surface area contributed by atoms with Crippen molar-refractivity contribution in [2.45, 2.75) is 13.8 Å². The van der Waals surface area contributed by atoms with E-state index in [9.17, 15) is 4.79 Å². The second kappa shape index (κ2) is 3.61. The zero-order valence-corrected chi connectivity index (χ0v) is 5.31. The maximum Gasteiger partial charge on any atom is 0.134 e. The third-order valence-electron chi connectivity index (χ3n) is 1.06. The van der Waals surface area contributed by atoms with E-state index in [1.807, 2.05) is 0 Å². The molecule has 0 radical (unpaired) electrons. The van der Waals surface area contributed by atoms with Gasteiger partial charge in [-0.25, -0.2) is 0 Å². The van der Waals surface area contributed by atoms with Crippen LogP contribution in [0.5, 0.6) is 0 Å². The Morgan fingerprint density at radius 2 is 2.62 bits per heavy atom. The van der Waals surface area contributed by atoms with Gasteiger partial charge in [0.1, 0.15) is 5.78 Å². The number of carbonyl (C=O) groups is 1. The highest BCUT2D eigenvalue weighted by Crippen LogP contribution is 1.94. The van der Waals surface area contributed by atoms with E-state index < -0.39 is 0 Å². The number of rotatable bonds is 3. The molecule has 2 nitrogen and oxygen atoms in total. The van der Waals surface area contributed by atoms with Crippen molar-refractivity contribution >= 4 is 5.78 Å². The first-order chi connectivity index (χ1) is 4.18. The highest BCUT2D eigenvalue weighted by Gasteiger charge is 2.04. The van der Waals surface area contributed by atoms with E-state index >= 15 is 0 Å². The molecule has 0 N–H and O–H groups in total. The Balaban J connectivity index is 3.27. The lowest BCUT2D eigenvalue weighted by Crippen LogP contribution is -2.11. The van der Waals surface area contributed by atoms with Gasteiger partial charge in [-0.3, -0.25) is 4.79 Å². The van der Waals surface area contributed by atoms with Gasteiger partial charge in [0, 0.05) is 13.0 Å². The van der Waals surface area contributed by atoms with Crippen molar-refractivity contribution in [3.05, 3.63) is 0 Å². The highest BCUT2D eigenvalue weighted by molar-refractivity contribution is 5.77. The minimum Gasteiger partial charge on any atom is -0.384 e. The second-order valence-electron chi connectivity index (χ2n) is 1.88. The average molecular weight is 118 g/mol. The van der Waals surface area contributed by atoms with E-state index in [-0.39, 0.29) is 18.8 Å². The zero-order chi connectivity index (χ0) is 7.28. The predicted octanol–water partition coefficient (Wildman–Crippen LogP) is 0.858. The summed E-state index contributed by atoms with van der Waals surface area (Å²) >= 11 is 0. The van der Waals surface area contributed by atoms with Crippen molar-refractivity contribution in [1.82, 2.24) is 0 Å². The summed E-state index contributed by atoms with van der Waals surface area (Å²) in [5, 5.41) is 0. The number of Topliss-reactive ketones (excluding diaryl/α,β-unsaturated/α-hetero) is 1. The van der Waals surface area contributed by atoms with Crippen molar-refractivity contribution in [2.24, 2.45) is 5.92 Å². The number of ketones is 1. The van der Waals surface area contributed by atoms with Gasteiger partial charge in [0.2, 0.25) is 0 Å². The maximum absolute atomic E-state index is 10.5. The van der Waals surface area contributed by atoms with E-state index in [2.05, 4.69) is 0 Å². The summed E-state index contributed by atoms with van der Waals surface area (Å²) in [6.45, 7) is 3.69. The number of ether oxygens (including phenoxy) is 1. The van der Waals surface area contributed by atoms with Crippen LogP contribution in [-0.4, -0.2) is 19.5 Å². The summed E-state index contributed by atoms with van der Waals surface area (Å²) in [5.74, 6) is 0.0544. The molecule has 0 aliphatic heterocycles. The number of hydrogen-bond donors (Lipinski definition) is 0. The molecule has 0 saturated carbocycles. The monoisotopic (exact) mass is 118 g/mol. The SMILES string of the molecule is [3H]COCC(C)C(C)=O. The summed E-state index contributed by atoms with van der Waals surface area (Å²) in [6, 6.07) is 0. The molecule has 0 amide bonds. The molecule has 0 rings (SSSR count). The molecular weight excluding hydrogens is 104 g/mol. The van der Waals surface area contributed by atoms with Crippen LogP contribution in [0.3, 0.4) is 0 Å². The molecule has 8 heavy (non-hydrogen) atoms. The summed E-state index contributed by atoms with van der Waals surface area (Å²) < 4.78 is 11.3. The second-order valence-corrected chi connectivity index (χ2v) is 1.88. The van der Waals surface area contributed by atoms with Gasteiger partial charge in [0.25, 0.3) is 0 Å². The molecule has 0 aliphatic rings. The molecule has 0 bridgehead atoms. The normalized spacial score (nSPS) is 15.0. The van der Waals surface area contributed by atoms with E-state index in [1.54, 1.807) is 6.92 Å². The average Bonchev–Trinajstić information content (AvgIpc) is 1.82. The van der Waals surface area contributed by atoms with Gasteiger partial charge in [0.15, 0.2) is 0 Å². The first-order valence-corrected chi connectivity index (χ1v) is 2.56. The van der Waals surface area contributed by atoms with Crippen LogP contribution in [0.2, 0.25) is 0 Å². The molecule has 0 aromatic rings. The van der Waals surface area contributed by atoms with Gasteiger partial charge in [-0.05, 0) is 6.92 Å². The third-order valence-corrected chi connectivity index (χ3v) is 1.06. The predicted molar refractivity (Wildman–Crippen MR) is 31.7 cm³/mol. The zero-order valence-electron chi connectivity index (χ0n) is 6.31. The smallest absolute Gasteiger partial charge is 0.134 e. The van der Waals surface area contributed by atoms with E-state index in [0.29, 0.717) is 6.61 Å². The maximum atomic E-state index is 10.5. The Bertz CT molecular complexity index is 93.1. The summed E-state index contributed by atoms with van der Waals surface area (Å²) in [6.07, 6.45) is 0. The van der Waals surface area contributed by atoms with Crippen LogP contribution in [0.25, 0.3) is 0 Å². The topological polar surface area (TPSA) is 26.3 Å². The largest absolute Gasteiger partial charge is 0.384 e. The van der Waals surface area contributed by atoms with Gasteiger partial charge in [0.05, 0.1) is 7.98 Å². The molecular formula is C6H12O2. The Morgan fingerprint density at radius 3 is 3.00 bits per heavy atom. The highest BCUT2D eigenvalue weighted by atomic mass is 16.5. The molecule has 1 atom stereocenters. The molecule has 0 aromatic carbocycles. The molecule has 2 heteroatoms. The fourth-order valence-corrected chi connectivity index (χ4v) is 0.294. The number of hydrogen-bond acceptors (Lipinski definition) is 2. The first-order valence-electron chi connectivity index (χ1n) is 3.26. The molecule has 0 aromatic heterocycles. The van der Waals surface area contributed by atoms with E-state index in [1.165, 1.54) is 6.92 Å². The number of methoxy groups -OCH3 is 1. The minimum atomic E-state index is -0.0599. The van der Waals surface area contributed by atoms with Crippen LogP contribution >= 0.6 is 0 Å². The van der Waals surface area contributed by atoms with Crippen molar-refractivity contribution in [3.63, 3.8) is 0 Å². The lowest BCUT2D eigenvalue weighted by molar-refractivity contribution is -0.121. The van der Waals surface area contributed by atoms with Crippen LogP contribution < -0.4 is 0 Å². The van der Waals surface area contributed by atoms with Crippen molar-refractivity contribution in [2.75, 3.05) is 13.7 Å². The Kier molecular flexibility index (Phi) is 2.60. The summed E-state index contributed by atoms with van der Waals surface area (Å²) in [7, 11) is -0.0579. The van der Waals surface area contributed by atoms with Gasteiger partial charge in [-0.15, -0.1) is 0 Å². The van der Waals surface area contributed by atoms with Crippen molar-refractivity contribution in [3.8, 4) is 0 Å². The van der Waals surface area contributed by atoms with Crippen LogP contribution in [0.1, 0.15) is 15.2 Å². The molecule has 0 heterocycles. The Hall–Kier alpha value is -0.370.